The number of urea groups is 1. The molecule has 0 radical (unpaired) electrons. The Morgan fingerprint density at radius 2 is 1.96 bits per heavy atom. The number of hydrogen-bond acceptors (Lipinski definition) is 4. The first-order valence-corrected chi connectivity index (χ1v) is 9.18. The number of nitrogens with one attached hydrogen (secondary N) is 2. The van der Waals surface area contributed by atoms with Gasteiger partial charge in [-0.25, -0.2) is 9.78 Å². The van der Waals surface area contributed by atoms with Crippen molar-refractivity contribution in [1.82, 2.24) is 10.3 Å². The molecule has 1 aliphatic rings. The molecule has 0 aliphatic carbocycles. The quantitative estimate of drug-likeness (QED) is 0.833. The van der Waals surface area contributed by atoms with E-state index in [0.29, 0.717) is 19.1 Å². The van der Waals surface area contributed by atoms with Crippen LogP contribution in [-0.4, -0.2) is 37.3 Å². The van der Waals surface area contributed by atoms with Gasteiger partial charge in [0.2, 0.25) is 0 Å². The van der Waals surface area contributed by atoms with Gasteiger partial charge in [-0.05, 0) is 62.1 Å². The van der Waals surface area contributed by atoms with Gasteiger partial charge in [-0.2, -0.15) is 0 Å². The first kappa shape index (κ1) is 18.0. The highest BCUT2D eigenvalue weighted by molar-refractivity contribution is 5.89. The van der Waals surface area contributed by atoms with E-state index in [2.05, 4.69) is 20.5 Å². The topological polar surface area (TPSA) is 66.5 Å². The number of ether oxygens (including phenoxy) is 1. The second kappa shape index (κ2) is 9.08. The van der Waals surface area contributed by atoms with Gasteiger partial charge >= 0.3 is 6.03 Å². The largest absolute Gasteiger partial charge is 0.494 e. The van der Waals surface area contributed by atoms with E-state index in [4.69, 9.17) is 4.74 Å². The van der Waals surface area contributed by atoms with Gasteiger partial charge in [0, 0.05) is 31.5 Å². The number of amides is 2. The molecule has 2 amide bonds. The summed E-state index contributed by atoms with van der Waals surface area (Å²) in [5.74, 6) is 2.34. The van der Waals surface area contributed by atoms with Gasteiger partial charge in [0.1, 0.15) is 11.6 Å². The standard InChI is InChI=1S/C20H26N4O2/c1-2-26-18-8-6-17(7-9-18)23-20(25)22-15-16-10-13-24(14-11-16)19-5-3-4-12-21-19/h3-9,12,16H,2,10-11,13-15H2,1H3,(H2,22,23,25). The number of carbonyl (C=O) groups is 1. The van der Waals surface area contributed by atoms with E-state index in [1.54, 1.807) is 0 Å². The average Bonchev–Trinajstić information content (AvgIpc) is 2.69. The van der Waals surface area contributed by atoms with Crippen molar-refractivity contribution >= 4 is 17.5 Å². The molecule has 0 spiro atoms. The molecular formula is C20H26N4O2. The molecule has 0 atom stereocenters. The zero-order valence-corrected chi connectivity index (χ0v) is 15.1. The summed E-state index contributed by atoms with van der Waals surface area (Å²) in [6.07, 6.45) is 3.94. The van der Waals surface area contributed by atoms with E-state index >= 15 is 0 Å². The SMILES string of the molecule is CCOc1ccc(NC(=O)NCC2CCN(c3ccccn3)CC2)cc1. The second-order valence-electron chi connectivity index (χ2n) is 6.41. The number of anilines is 2. The summed E-state index contributed by atoms with van der Waals surface area (Å²) in [6.45, 7) is 5.22. The van der Waals surface area contributed by atoms with Crippen LogP contribution in [0, 0.1) is 5.92 Å². The third-order valence-electron chi connectivity index (χ3n) is 4.56. The van der Waals surface area contributed by atoms with E-state index < -0.39 is 0 Å². The third kappa shape index (κ3) is 5.12. The molecule has 2 heterocycles. The van der Waals surface area contributed by atoms with Crippen molar-refractivity contribution in [1.29, 1.82) is 0 Å². The molecule has 138 valence electrons. The molecule has 1 saturated heterocycles. The number of piperidine rings is 1. The number of pyridine rings is 1. The lowest BCUT2D eigenvalue weighted by molar-refractivity contribution is 0.248. The minimum absolute atomic E-state index is 0.165. The second-order valence-corrected chi connectivity index (χ2v) is 6.41. The minimum Gasteiger partial charge on any atom is -0.494 e. The highest BCUT2D eigenvalue weighted by Gasteiger charge is 2.20. The molecule has 3 rings (SSSR count). The monoisotopic (exact) mass is 354 g/mol. The van der Waals surface area contributed by atoms with Crippen LogP contribution in [0.3, 0.4) is 0 Å². The van der Waals surface area contributed by atoms with Crippen LogP contribution in [0.5, 0.6) is 5.75 Å². The molecule has 1 aromatic carbocycles. The summed E-state index contributed by atoms with van der Waals surface area (Å²) in [5.41, 5.74) is 0.760. The van der Waals surface area contributed by atoms with Crippen LogP contribution >= 0.6 is 0 Å². The van der Waals surface area contributed by atoms with Gasteiger partial charge in [0.25, 0.3) is 0 Å². The van der Waals surface area contributed by atoms with Gasteiger partial charge in [0.15, 0.2) is 0 Å². The number of aromatic nitrogens is 1. The van der Waals surface area contributed by atoms with Gasteiger partial charge < -0.3 is 20.3 Å². The zero-order valence-electron chi connectivity index (χ0n) is 15.1. The summed E-state index contributed by atoms with van der Waals surface area (Å²) in [6, 6.07) is 13.2. The summed E-state index contributed by atoms with van der Waals surface area (Å²) >= 11 is 0. The number of hydrogen-bond donors (Lipinski definition) is 2. The highest BCUT2D eigenvalue weighted by Crippen LogP contribution is 2.21. The van der Waals surface area contributed by atoms with Crippen molar-refractivity contribution < 1.29 is 9.53 Å². The van der Waals surface area contributed by atoms with E-state index in [1.807, 2.05) is 55.6 Å². The Morgan fingerprint density at radius 1 is 1.19 bits per heavy atom. The summed E-state index contributed by atoms with van der Waals surface area (Å²) < 4.78 is 5.40. The molecule has 0 bridgehead atoms. The predicted octanol–water partition coefficient (Wildman–Crippen LogP) is 3.52. The highest BCUT2D eigenvalue weighted by atomic mass is 16.5. The lowest BCUT2D eigenvalue weighted by atomic mass is 9.97. The lowest BCUT2D eigenvalue weighted by Crippen LogP contribution is -2.40. The summed E-state index contributed by atoms with van der Waals surface area (Å²) in [7, 11) is 0. The molecule has 2 aromatic rings. The Hall–Kier alpha value is -2.76. The van der Waals surface area contributed by atoms with Crippen LogP contribution in [0.25, 0.3) is 0 Å². The van der Waals surface area contributed by atoms with Gasteiger partial charge in [-0.3, -0.25) is 0 Å². The van der Waals surface area contributed by atoms with Gasteiger partial charge in [0.05, 0.1) is 6.61 Å². The number of nitrogens with zero attached hydrogens (tertiary/aromatic N) is 2. The van der Waals surface area contributed by atoms with Crippen LogP contribution in [0.15, 0.2) is 48.7 Å². The molecule has 2 N–H and O–H groups in total. The molecule has 26 heavy (non-hydrogen) atoms. The summed E-state index contributed by atoms with van der Waals surface area (Å²) in [4.78, 5) is 18.8. The first-order valence-electron chi connectivity index (χ1n) is 9.18. The van der Waals surface area contributed by atoms with Crippen LogP contribution < -0.4 is 20.3 Å². The fourth-order valence-electron chi connectivity index (χ4n) is 3.12. The average molecular weight is 354 g/mol. The maximum Gasteiger partial charge on any atom is 0.319 e. The van der Waals surface area contributed by atoms with Crippen molar-refractivity contribution in [3.63, 3.8) is 0 Å². The van der Waals surface area contributed by atoms with Crippen molar-refractivity contribution in [2.75, 3.05) is 36.5 Å². The maximum atomic E-state index is 12.1. The fourth-order valence-corrected chi connectivity index (χ4v) is 3.12. The van der Waals surface area contributed by atoms with E-state index in [9.17, 15) is 4.79 Å². The number of benzene rings is 1. The third-order valence-corrected chi connectivity index (χ3v) is 4.56. The zero-order chi connectivity index (χ0) is 18.2. The minimum atomic E-state index is -0.165. The van der Waals surface area contributed by atoms with Crippen LogP contribution in [0.2, 0.25) is 0 Å². The van der Waals surface area contributed by atoms with E-state index in [-0.39, 0.29) is 6.03 Å². The maximum absolute atomic E-state index is 12.1. The van der Waals surface area contributed by atoms with Crippen LogP contribution in [-0.2, 0) is 0 Å². The number of carbonyl (C=O) groups excluding carboxylic acids is 1. The van der Waals surface area contributed by atoms with Crippen molar-refractivity contribution in [2.45, 2.75) is 19.8 Å². The first-order chi connectivity index (χ1) is 12.7. The fraction of sp³-hybridized carbons (Fsp3) is 0.400. The van der Waals surface area contributed by atoms with Crippen LogP contribution in [0.4, 0.5) is 16.3 Å². The Kier molecular flexibility index (Phi) is 6.30. The lowest BCUT2D eigenvalue weighted by Gasteiger charge is -2.32. The smallest absolute Gasteiger partial charge is 0.319 e. The normalized spacial score (nSPS) is 14.7. The van der Waals surface area contributed by atoms with E-state index in [0.717, 1.165) is 43.2 Å². The Morgan fingerprint density at radius 3 is 2.62 bits per heavy atom. The van der Waals surface area contributed by atoms with Gasteiger partial charge in [-0.15, -0.1) is 0 Å². The molecule has 1 fully saturated rings. The molecule has 0 unspecified atom stereocenters. The molecule has 6 nitrogen and oxygen atoms in total. The molecule has 6 heteroatoms. The molecular weight excluding hydrogens is 328 g/mol. The van der Waals surface area contributed by atoms with Gasteiger partial charge in [-0.1, -0.05) is 6.07 Å². The summed E-state index contributed by atoms with van der Waals surface area (Å²) in [5, 5.41) is 5.84. The van der Waals surface area contributed by atoms with Crippen molar-refractivity contribution in [3.05, 3.63) is 48.7 Å². The van der Waals surface area contributed by atoms with Crippen molar-refractivity contribution in [2.24, 2.45) is 5.92 Å². The molecule has 1 aromatic heterocycles. The number of rotatable bonds is 6. The van der Waals surface area contributed by atoms with Crippen molar-refractivity contribution in [3.8, 4) is 5.75 Å². The predicted molar refractivity (Wildman–Crippen MR) is 104 cm³/mol. The Bertz CT molecular complexity index is 683. The van der Waals surface area contributed by atoms with Crippen LogP contribution in [0.1, 0.15) is 19.8 Å². The Balaban J connectivity index is 1.38. The van der Waals surface area contributed by atoms with E-state index in [1.165, 1.54) is 0 Å². The molecule has 1 aliphatic heterocycles. The molecule has 0 saturated carbocycles. The Labute approximate surface area is 154 Å².